The fourth-order valence-corrected chi connectivity index (χ4v) is 2.47. The zero-order chi connectivity index (χ0) is 14.9. The average Bonchev–Trinajstić information content (AvgIpc) is 2.53. The van der Waals surface area contributed by atoms with Gasteiger partial charge in [0.2, 0.25) is 0 Å². The molecule has 1 nitrogen and oxygen atoms in total. The molecule has 1 unspecified atom stereocenters. The van der Waals surface area contributed by atoms with Crippen molar-refractivity contribution in [1.29, 1.82) is 0 Å². The number of halogens is 1. The van der Waals surface area contributed by atoms with E-state index in [1.54, 1.807) is 0 Å². The van der Waals surface area contributed by atoms with Crippen LogP contribution in [0.2, 0.25) is 0 Å². The fourth-order valence-electron chi connectivity index (χ4n) is 2.07. The summed E-state index contributed by atoms with van der Waals surface area (Å²) in [5, 5.41) is 0. The fraction of sp³-hybridized carbons (Fsp3) is 0.158. The average molecular weight is 343 g/mol. The predicted octanol–water partition coefficient (Wildman–Crippen LogP) is 5.76. The van der Waals surface area contributed by atoms with Gasteiger partial charge in [-0.25, -0.2) is 0 Å². The van der Waals surface area contributed by atoms with Gasteiger partial charge in [0.15, 0.2) is 0 Å². The van der Waals surface area contributed by atoms with E-state index in [-0.39, 0.29) is 6.10 Å². The van der Waals surface area contributed by atoms with Crippen molar-refractivity contribution in [2.75, 3.05) is 6.61 Å². The van der Waals surface area contributed by atoms with Crippen molar-refractivity contribution in [1.82, 2.24) is 0 Å². The molecular weight excluding hydrogens is 324 g/mol. The highest BCUT2D eigenvalue weighted by molar-refractivity contribution is 9.11. The highest BCUT2D eigenvalue weighted by Crippen LogP contribution is 2.23. The highest BCUT2D eigenvalue weighted by atomic mass is 79.9. The van der Waals surface area contributed by atoms with Gasteiger partial charge in [0.25, 0.3) is 0 Å². The maximum Gasteiger partial charge on any atom is 0.0864 e. The van der Waals surface area contributed by atoms with E-state index < -0.39 is 0 Å². The van der Waals surface area contributed by atoms with Crippen LogP contribution in [0.3, 0.4) is 0 Å². The van der Waals surface area contributed by atoms with Crippen LogP contribution in [0.4, 0.5) is 0 Å². The minimum absolute atomic E-state index is 0.0421. The first kappa shape index (κ1) is 15.7. The summed E-state index contributed by atoms with van der Waals surface area (Å²) >= 11 is 3.58. The molecule has 0 N–H and O–H groups in total. The van der Waals surface area contributed by atoms with Crippen LogP contribution >= 0.6 is 15.9 Å². The maximum atomic E-state index is 6.02. The Kier molecular flexibility index (Phi) is 6.45. The summed E-state index contributed by atoms with van der Waals surface area (Å²) in [5.74, 6) is 0. The summed E-state index contributed by atoms with van der Waals surface area (Å²) in [6, 6.07) is 20.4. The smallest absolute Gasteiger partial charge is 0.0864 e. The molecule has 108 valence electrons. The number of rotatable bonds is 7. The van der Waals surface area contributed by atoms with E-state index in [0.717, 1.165) is 16.5 Å². The van der Waals surface area contributed by atoms with Gasteiger partial charge in [-0.3, -0.25) is 0 Å². The topological polar surface area (TPSA) is 9.23 Å². The molecule has 0 aliphatic rings. The van der Waals surface area contributed by atoms with Gasteiger partial charge in [-0.15, -0.1) is 6.58 Å². The zero-order valence-corrected chi connectivity index (χ0v) is 13.5. The largest absolute Gasteiger partial charge is 0.368 e. The number of benzene rings is 2. The molecule has 0 amide bonds. The van der Waals surface area contributed by atoms with Crippen LogP contribution in [-0.4, -0.2) is 6.61 Å². The molecule has 0 fully saturated rings. The van der Waals surface area contributed by atoms with Crippen LogP contribution in [0.25, 0.3) is 6.08 Å². The summed E-state index contributed by atoms with van der Waals surface area (Å²) in [6.07, 6.45) is 4.82. The molecular formula is C19H19BrO. The lowest BCUT2D eigenvalue weighted by atomic mass is 10.1. The normalized spacial score (nSPS) is 12.9. The zero-order valence-electron chi connectivity index (χ0n) is 11.9. The maximum absolute atomic E-state index is 6.02. The standard InChI is InChI=1S/C19H19BrO/c1-2-9-19(17-12-7-4-8-13-17)21-15-18(20)14-16-10-5-3-6-11-16/h2-8,10-14,19H,1,9,15H2/b18-14-. The van der Waals surface area contributed by atoms with Crippen LogP contribution in [0.5, 0.6) is 0 Å². The van der Waals surface area contributed by atoms with Crippen LogP contribution < -0.4 is 0 Å². The Balaban J connectivity index is 1.99. The summed E-state index contributed by atoms with van der Waals surface area (Å²) in [7, 11) is 0. The quantitative estimate of drug-likeness (QED) is 0.581. The molecule has 2 aromatic carbocycles. The molecule has 0 aromatic heterocycles. The first-order valence-corrected chi connectivity index (χ1v) is 7.77. The Labute approximate surface area is 135 Å². The Morgan fingerprint density at radius 2 is 1.67 bits per heavy atom. The third kappa shape index (κ3) is 5.33. The van der Waals surface area contributed by atoms with Gasteiger partial charge in [0.05, 0.1) is 12.7 Å². The van der Waals surface area contributed by atoms with Crippen molar-refractivity contribution in [2.45, 2.75) is 12.5 Å². The summed E-state index contributed by atoms with van der Waals surface area (Å²) < 4.78 is 7.04. The van der Waals surface area contributed by atoms with Gasteiger partial charge in [-0.2, -0.15) is 0 Å². The SMILES string of the molecule is C=CCC(OC/C(Br)=C/c1ccccc1)c1ccccc1. The molecule has 0 heterocycles. The second-order valence-corrected chi connectivity index (χ2v) is 5.76. The van der Waals surface area contributed by atoms with E-state index in [9.17, 15) is 0 Å². The predicted molar refractivity (Wildman–Crippen MR) is 93.3 cm³/mol. The van der Waals surface area contributed by atoms with Crippen molar-refractivity contribution >= 4 is 22.0 Å². The van der Waals surface area contributed by atoms with Gasteiger partial charge >= 0.3 is 0 Å². The van der Waals surface area contributed by atoms with Crippen LogP contribution in [0, 0.1) is 0 Å². The molecule has 0 aliphatic carbocycles. The third-order valence-corrected chi connectivity index (χ3v) is 3.56. The highest BCUT2D eigenvalue weighted by Gasteiger charge is 2.10. The summed E-state index contributed by atoms with van der Waals surface area (Å²) in [6.45, 7) is 4.36. The van der Waals surface area contributed by atoms with E-state index in [0.29, 0.717) is 6.61 Å². The molecule has 0 saturated carbocycles. The van der Waals surface area contributed by atoms with E-state index in [1.807, 2.05) is 42.5 Å². The van der Waals surface area contributed by atoms with Crippen molar-refractivity contribution < 1.29 is 4.74 Å². The molecule has 2 heteroatoms. The van der Waals surface area contributed by atoms with Gasteiger partial charge in [-0.05, 0) is 23.6 Å². The molecule has 0 spiro atoms. The van der Waals surface area contributed by atoms with E-state index in [2.05, 4.69) is 52.9 Å². The molecule has 0 saturated heterocycles. The number of hydrogen-bond acceptors (Lipinski definition) is 1. The van der Waals surface area contributed by atoms with Crippen LogP contribution in [0.1, 0.15) is 23.7 Å². The van der Waals surface area contributed by atoms with E-state index in [1.165, 1.54) is 5.56 Å². The first-order valence-electron chi connectivity index (χ1n) is 6.98. The van der Waals surface area contributed by atoms with Gasteiger partial charge in [0.1, 0.15) is 0 Å². The Morgan fingerprint density at radius 3 is 2.29 bits per heavy atom. The van der Waals surface area contributed by atoms with Crippen molar-refractivity contribution in [3.05, 3.63) is 88.9 Å². The monoisotopic (exact) mass is 342 g/mol. The Morgan fingerprint density at radius 1 is 1.05 bits per heavy atom. The minimum Gasteiger partial charge on any atom is -0.368 e. The molecule has 0 radical (unpaired) electrons. The second kappa shape index (κ2) is 8.60. The number of hydrogen-bond donors (Lipinski definition) is 0. The summed E-state index contributed by atoms with van der Waals surface area (Å²) in [5.41, 5.74) is 2.34. The molecule has 2 aromatic rings. The van der Waals surface area contributed by atoms with Gasteiger partial charge < -0.3 is 4.74 Å². The lowest BCUT2D eigenvalue weighted by molar-refractivity contribution is 0.0757. The lowest BCUT2D eigenvalue weighted by Crippen LogP contribution is -2.05. The first-order chi connectivity index (χ1) is 10.3. The van der Waals surface area contributed by atoms with E-state index in [4.69, 9.17) is 4.74 Å². The molecule has 21 heavy (non-hydrogen) atoms. The van der Waals surface area contributed by atoms with Gasteiger partial charge in [-0.1, -0.05) is 82.7 Å². The van der Waals surface area contributed by atoms with Crippen molar-refractivity contribution in [2.24, 2.45) is 0 Å². The Bertz CT molecular complexity index is 575. The lowest BCUT2D eigenvalue weighted by Gasteiger charge is -2.16. The molecule has 2 rings (SSSR count). The van der Waals surface area contributed by atoms with Crippen LogP contribution in [-0.2, 0) is 4.74 Å². The number of ether oxygens (including phenoxy) is 1. The summed E-state index contributed by atoms with van der Waals surface area (Å²) in [4.78, 5) is 0. The van der Waals surface area contributed by atoms with Crippen molar-refractivity contribution in [3.8, 4) is 0 Å². The Hall–Kier alpha value is -1.64. The van der Waals surface area contributed by atoms with Crippen molar-refractivity contribution in [3.63, 3.8) is 0 Å². The minimum atomic E-state index is 0.0421. The third-order valence-electron chi connectivity index (χ3n) is 3.10. The molecule has 0 aliphatic heterocycles. The van der Waals surface area contributed by atoms with E-state index >= 15 is 0 Å². The van der Waals surface area contributed by atoms with Gasteiger partial charge in [0, 0.05) is 4.48 Å². The molecule has 0 bridgehead atoms. The second-order valence-electron chi connectivity index (χ2n) is 4.74. The van der Waals surface area contributed by atoms with Crippen LogP contribution in [0.15, 0.2) is 77.8 Å². The molecule has 1 atom stereocenters.